The minimum atomic E-state index is -4.18. The first-order chi connectivity index (χ1) is 11.0. The Kier molecular flexibility index (Phi) is 5.12. The van der Waals surface area contributed by atoms with Crippen molar-refractivity contribution < 1.29 is 18.1 Å². The van der Waals surface area contributed by atoms with Crippen molar-refractivity contribution in [3.63, 3.8) is 0 Å². The second-order valence-corrected chi connectivity index (χ2v) is 9.50. The third-order valence-corrected chi connectivity index (χ3v) is 7.55. The fraction of sp³-hybridized carbons (Fsp3) is 0.286. The molecule has 0 bridgehead atoms. The van der Waals surface area contributed by atoms with Gasteiger partial charge in [-0.3, -0.25) is 14.9 Å². The third kappa shape index (κ3) is 3.50. The van der Waals surface area contributed by atoms with Crippen LogP contribution in [0.25, 0.3) is 0 Å². The number of hydrogen-bond acceptors (Lipinski definition) is 5. The zero-order valence-electron chi connectivity index (χ0n) is 12.6. The van der Waals surface area contributed by atoms with Crippen LogP contribution in [-0.2, 0) is 14.8 Å². The summed E-state index contributed by atoms with van der Waals surface area (Å²) in [5, 5.41) is 10.8. The van der Waals surface area contributed by atoms with Gasteiger partial charge in [-0.1, -0.05) is 37.9 Å². The molecule has 2 rings (SSSR count). The average Bonchev–Trinajstić information content (AvgIpc) is 2.50. The van der Waals surface area contributed by atoms with Crippen molar-refractivity contribution in [2.45, 2.75) is 27.9 Å². The van der Waals surface area contributed by atoms with Crippen LogP contribution in [0.15, 0.2) is 45.2 Å². The van der Waals surface area contributed by atoms with E-state index in [0.29, 0.717) is 5.57 Å². The van der Waals surface area contributed by atoms with Crippen LogP contribution in [-0.4, -0.2) is 34.0 Å². The third-order valence-electron chi connectivity index (χ3n) is 3.46. The predicted molar refractivity (Wildman–Crippen MR) is 96.5 cm³/mol. The quantitative estimate of drug-likeness (QED) is 0.376. The van der Waals surface area contributed by atoms with E-state index in [-0.39, 0.29) is 22.1 Å². The number of nitro groups is 1. The fourth-order valence-corrected chi connectivity index (χ4v) is 4.51. The Morgan fingerprint density at radius 3 is 2.58 bits per heavy atom. The highest BCUT2D eigenvalue weighted by atomic mass is 79.9. The minimum absolute atomic E-state index is 0.162. The van der Waals surface area contributed by atoms with Crippen molar-refractivity contribution in [3.05, 3.63) is 46.0 Å². The molecule has 0 heterocycles. The molecule has 0 N–H and O–H groups in total. The molecule has 1 aromatic rings. The number of nitrogens with zero attached hydrogens (tertiary/aromatic N) is 2. The highest BCUT2D eigenvalue weighted by molar-refractivity contribution is 9.13. The zero-order chi connectivity index (χ0) is 18.3. The maximum absolute atomic E-state index is 12.5. The van der Waals surface area contributed by atoms with Gasteiger partial charge in [-0.2, -0.15) is 12.8 Å². The Morgan fingerprint density at radius 2 is 2.00 bits per heavy atom. The summed E-state index contributed by atoms with van der Waals surface area (Å²) in [5.74, 6) is -0.210. The van der Waals surface area contributed by atoms with Crippen molar-refractivity contribution in [1.29, 1.82) is 0 Å². The van der Waals surface area contributed by atoms with Gasteiger partial charge < -0.3 is 0 Å². The molecule has 128 valence electrons. The molecule has 7 nitrogen and oxygen atoms in total. The second-order valence-electron chi connectivity index (χ2n) is 5.34. The summed E-state index contributed by atoms with van der Waals surface area (Å²) >= 11 is 6.59. The molecular weight excluding hydrogens is 468 g/mol. The predicted octanol–water partition coefficient (Wildman–Crippen LogP) is 3.17. The number of carbonyl (C=O) groups excluding carboxylic acids is 1. The zero-order valence-corrected chi connectivity index (χ0v) is 16.6. The standard InChI is InChI=1S/C14H12Br2N2O5S/c1-8-6-11(19)12(15)14(2,16)13(8)17-24(22,23)10-5-3-4-9(7-10)18(20)21/h3-7,12H,1-2H3. The molecule has 0 saturated carbocycles. The van der Waals surface area contributed by atoms with Crippen molar-refractivity contribution in [2.24, 2.45) is 4.40 Å². The lowest BCUT2D eigenvalue weighted by molar-refractivity contribution is -0.385. The number of allylic oxidation sites excluding steroid dienone is 2. The van der Waals surface area contributed by atoms with Gasteiger partial charge in [0.15, 0.2) is 5.78 Å². The highest BCUT2D eigenvalue weighted by Gasteiger charge is 2.44. The Hall–Kier alpha value is -1.39. The molecule has 0 amide bonds. The van der Waals surface area contributed by atoms with Gasteiger partial charge in [-0.05, 0) is 31.6 Å². The van der Waals surface area contributed by atoms with E-state index in [2.05, 4.69) is 36.3 Å². The Morgan fingerprint density at radius 1 is 1.38 bits per heavy atom. The van der Waals surface area contributed by atoms with Gasteiger partial charge in [0.2, 0.25) is 0 Å². The number of alkyl halides is 2. The molecule has 10 heteroatoms. The Labute approximate surface area is 155 Å². The average molecular weight is 480 g/mol. The number of rotatable bonds is 3. The van der Waals surface area contributed by atoms with Crippen molar-refractivity contribution in [1.82, 2.24) is 0 Å². The number of carbonyl (C=O) groups is 1. The Balaban J connectivity index is 2.60. The number of nitro benzene ring substituents is 1. The van der Waals surface area contributed by atoms with E-state index in [9.17, 15) is 23.3 Å². The first kappa shape index (κ1) is 18.9. The van der Waals surface area contributed by atoms with E-state index in [1.807, 2.05) is 0 Å². The summed E-state index contributed by atoms with van der Waals surface area (Å²) < 4.78 is 27.9. The van der Waals surface area contributed by atoms with Crippen molar-refractivity contribution >= 4 is 59.1 Å². The molecule has 0 radical (unpaired) electrons. The topological polar surface area (TPSA) is 107 Å². The smallest absolute Gasteiger partial charge is 0.282 e. The normalized spacial score (nSPS) is 26.3. The van der Waals surface area contributed by atoms with Crippen LogP contribution in [0.4, 0.5) is 5.69 Å². The molecular formula is C14H12Br2N2O5S. The molecule has 0 aromatic heterocycles. The summed E-state index contributed by atoms with van der Waals surface area (Å²) in [4.78, 5) is 21.1. The first-order valence-electron chi connectivity index (χ1n) is 6.62. The van der Waals surface area contributed by atoms with Crippen LogP contribution in [0.3, 0.4) is 0 Å². The molecule has 1 aliphatic carbocycles. The van der Waals surface area contributed by atoms with Crippen LogP contribution in [0, 0.1) is 10.1 Å². The monoisotopic (exact) mass is 478 g/mol. The summed E-state index contributed by atoms with van der Waals surface area (Å²) in [6.07, 6.45) is 1.31. The lowest BCUT2D eigenvalue weighted by Crippen LogP contribution is -2.46. The highest BCUT2D eigenvalue weighted by Crippen LogP contribution is 2.37. The SMILES string of the molecule is CC1=CC(=O)C(Br)C(C)(Br)C1=NS(=O)(=O)c1cccc([N+](=O)[O-])c1. The summed E-state index contributed by atoms with van der Waals surface area (Å²) in [7, 11) is -4.18. The molecule has 24 heavy (non-hydrogen) atoms. The largest absolute Gasteiger partial charge is 0.294 e. The van der Waals surface area contributed by atoms with E-state index >= 15 is 0 Å². The minimum Gasteiger partial charge on any atom is -0.294 e. The summed E-state index contributed by atoms with van der Waals surface area (Å²) in [5.41, 5.74) is 0.224. The number of halogens is 2. The van der Waals surface area contributed by atoms with Crippen LogP contribution in [0.1, 0.15) is 13.8 Å². The maximum atomic E-state index is 12.5. The number of benzene rings is 1. The molecule has 2 unspecified atom stereocenters. The van der Waals surface area contributed by atoms with Gasteiger partial charge in [-0.15, -0.1) is 0 Å². The second kappa shape index (κ2) is 6.49. The van der Waals surface area contributed by atoms with E-state index in [0.717, 1.165) is 6.07 Å². The van der Waals surface area contributed by atoms with E-state index in [1.165, 1.54) is 24.3 Å². The number of sulfonamides is 1. The molecule has 2 atom stereocenters. The van der Waals surface area contributed by atoms with Crippen LogP contribution in [0.2, 0.25) is 0 Å². The van der Waals surface area contributed by atoms with Gasteiger partial charge in [0, 0.05) is 12.1 Å². The van der Waals surface area contributed by atoms with Crippen LogP contribution < -0.4 is 0 Å². The first-order valence-corrected chi connectivity index (χ1v) is 9.77. The van der Waals surface area contributed by atoms with Crippen LogP contribution in [0.5, 0.6) is 0 Å². The molecule has 1 aromatic carbocycles. The van der Waals surface area contributed by atoms with Crippen molar-refractivity contribution in [2.75, 3.05) is 0 Å². The molecule has 0 aliphatic heterocycles. The maximum Gasteiger partial charge on any atom is 0.282 e. The molecule has 1 aliphatic rings. The lowest BCUT2D eigenvalue weighted by Gasteiger charge is -2.32. The summed E-state index contributed by atoms with van der Waals surface area (Å²) in [6.45, 7) is 3.21. The molecule has 0 fully saturated rings. The summed E-state index contributed by atoms with van der Waals surface area (Å²) in [6, 6.07) is 4.65. The Bertz CT molecular complexity index is 890. The van der Waals surface area contributed by atoms with Gasteiger partial charge in [-0.25, -0.2) is 0 Å². The van der Waals surface area contributed by atoms with E-state index in [4.69, 9.17) is 0 Å². The lowest BCUT2D eigenvalue weighted by atomic mass is 9.88. The molecule has 0 saturated heterocycles. The van der Waals surface area contributed by atoms with E-state index < -0.39 is 24.1 Å². The molecule has 0 spiro atoms. The number of hydrogen-bond donors (Lipinski definition) is 0. The van der Waals surface area contributed by atoms with Gasteiger partial charge >= 0.3 is 0 Å². The van der Waals surface area contributed by atoms with Crippen molar-refractivity contribution in [3.8, 4) is 0 Å². The van der Waals surface area contributed by atoms with Gasteiger partial charge in [0.25, 0.3) is 15.7 Å². The van der Waals surface area contributed by atoms with Gasteiger partial charge in [0.1, 0.15) is 0 Å². The number of ketones is 1. The van der Waals surface area contributed by atoms with Crippen LogP contribution >= 0.6 is 31.9 Å². The van der Waals surface area contributed by atoms with Gasteiger partial charge in [0.05, 0.1) is 24.7 Å². The number of non-ortho nitro benzene ring substituents is 1. The fourth-order valence-electron chi connectivity index (χ4n) is 2.22. The van der Waals surface area contributed by atoms with E-state index in [1.54, 1.807) is 13.8 Å².